The first-order valence-corrected chi connectivity index (χ1v) is 6.52. The summed E-state index contributed by atoms with van der Waals surface area (Å²) in [5.74, 6) is 0.127. The van der Waals surface area contributed by atoms with Crippen molar-refractivity contribution in [3.05, 3.63) is 42.5 Å². The molecule has 0 amide bonds. The lowest BCUT2D eigenvalue weighted by atomic mass is 10.1. The van der Waals surface area contributed by atoms with Crippen LogP contribution in [0, 0.1) is 5.92 Å². The molecule has 0 aliphatic rings. The summed E-state index contributed by atoms with van der Waals surface area (Å²) in [5, 5.41) is 0. The lowest BCUT2D eigenvalue weighted by Crippen LogP contribution is -2.14. The van der Waals surface area contributed by atoms with E-state index in [0.29, 0.717) is 4.90 Å². The van der Waals surface area contributed by atoms with Crippen molar-refractivity contribution < 1.29 is 8.42 Å². The molecule has 1 aromatic rings. The number of sulfone groups is 1. The Morgan fingerprint density at radius 3 is 2.33 bits per heavy atom. The summed E-state index contributed by atoms with van der Waals surface area (Å²) < 4.78 is 23.8. The van der Waals surface area contributed by atoms with E-state index < -0.39 is 9.84 Å². The van der Waals surface area contributed by atoms with Crippen LogP contribution in [0.4, 0.5) is 0 Å². The normalized spacial score (nSPS) is 13.5. The van der Waals surface area contributed by atoms with Crippen LogP contribution in [0.5, 0.6) is 0 Å². The molecule has 1 unspecified atom stereocenters. The molecule has 1 aromatic carbocycles. The zero-order valence-electron chi connectivity index (χ0n) is 9.10. The molecule has 0 aromatic heterocycles. The predicted octanol–water partition coefficient (Wildman–Crippen LogP) is 2.67. The highest BCUT2D eigenvalue weighted by atomic mass is 32.2. The molecular weight excluding hydrogens is 208 g/mol. The minimum absolute atomic E-state index is 0.00444. The van der Waals surface area contributed by atoms with Gasteiger partial charge < -0.3 is 0 Å². The number of benzene rings is 1. The summed E-state index contributed by atoms with van der Waals surface area (Å²) in [6.07, 6.45) is 0. The van der Waals surface area contributed by atoms with Crippen molar-refractivity contribution >= 4 is 9.84 Å². The van der Waals surface area contributed by atoms with E-state index >= 15 is 0 Å². The van der Waals surface area contributed by atoms with Gasteiger partial charge in [-0.1, -0.05) is 37.3 Å². The van der Waals surface area contributed by atoms with Crippen LogP contribution in [0.1, 0.15) is 13.8 Å². The Morgan fingerprint density at radius 1 is 1.33 bits per heavy atom. The monoisotopic (exact) mass is 224 g/mol. The lowest BCUT2D eigenvalue weighted by Gasteiger charge is -2.11. The Hall–Kier alpha value is -1.09. The van der Waals surface area contributed by atoms with Gasteiger partial charge in [-0.15, -0.1) is 0 Å². The van der Waals surface area contributed by atoms with Crippen molar-refractivity contribution in [3.8, 4) is 0 Å². The van der Waals surface area contributed by atoms with E-state index in [1.807, 2.05) is 13.8 Å². The first-order chi connectivity index (χ1) is 6.93. The van der Waals surface area contributed by atoms with Gasteiger partial charge in [-0.25, -0.2) is 8.42 Å². The van der Waals surface area contributed by atoms with E-state index in [1.54, 1.807) is 30.3 Å². The molecule has 0 spiro atoms. The Labute approximate surface area is 91.6 Å². The van der Waals surface area contributed by atoms with Crippen LogP contribution >= 0.6 is 0 Å². The van der Waals surface area contributed by atoms with E-state index in [1.165, 1.54) is 0 Å². The summed E-state index contributed by atoms with van der Waals surface area (Å²) in [5.41, 5.74) is 0.898. The molecule has 1 rings (SSSR count). The van der Waals surface area contributed by atoms with Gasteiger partial charge in [0.15, 0.2) is 9.84 Å². The van der Waals surface area contributed by atoms with Crippen molar-refractivity contribution in [1.82, 2.24) is 0 Å². The molecule has 0 N–H and O–H groups in total. The molecule has 1 atom stereocenters. The van der Waals surface area contributed by atoms with Gasteiger partial charge in [0.25, 0.3) is 0 Å². The van der Waals surface area contributed by atoms with E-state index in [2.05, 4.69) is 6.58 Å². The highest BCUT2D eigenvalue weighted by Crippen LogP contribution is 2.17. The van der Waals surface area contributed by atoms with Crippen molar-refractivity contribution in [2.75, 3.05) is 5.75 Å². The number of hydrogen-bond donors (Lipinski definition) is 0. The SMILES string of the molecule is C=C(C)C(C)CS(=O)(=O)c1ccccc1. The second-order valence-electron chi connectivity index (χ2n) is 3.84. The smallest absolute Gasteiger partial charge is 0.178 e. The van der Waals surface area contributed by atoms with Gasteiger partial charge in [0, 0.05) is 0 Å². The average molecular weight is 224 g/mol. The molecule has 0 bridgehead atoms. The first-order valence-electron chi connectivity index (χ1n) is 4.86. The van der Waals surface area contributed by atoms with Crippen molar-refractivity contribution in [1.29, 1.82) is 0 Å². The van der Waals surface area contributed by atoms with Gasteiger partial charge in [-0.2, -0.15) is 0 Å². The fourth-order valence-electron chi connectivity index (χ4n) is 1.20. The third kappa shape index (κ3) is 3.20. The van der Waals surface area contributed by atoms with E-state index in [0.717, 1.165) is 5.57 Å². The topological polar surface area (TPSA) is 34.1 Å². The van der Waals surface area contributed by atoms with Gasteiger partial charge in [0.05, 0.1) is 10.6 Å². The van der Waals surface area contributed by atoms with Crippen LogP contribution in [-0.2, 0) is 9.84 Å². The molecule has 0 heterocycles. The number of allylic oxidation sites excluding steroid dienone is 1. The zero-order chi connectivity index (χ0) is 11.5. The first kappa shape index (κ1) is 12.0. The van der Waals surface area contributed by atoms with Crippen LogP contribution in [0.3, 0.4) is 0 Å². The van der Waals surface area contributed by atoms with Crippen molar-refractivity contribution in [2.24, 2.45) is 5.92 Å². The second kappa shape index (κ2) is 4.62. The van der Waals surface area contributed by atoms with Crippen molar-refractivity contribution in [2.45, 2.75) is 18.7 Å². The molecule has 82 valence electrons. The fourth-order valence-corrected chi connectivity index (χ4v) is 2.90. The minimum Gasteiger partial charge on any atom is -0.224 e. The minimum atomic E-state index is -3.17. The summed E-state index contributed by atoms with van der Waals surface area (Å²) in [4.78, 5) is 0.387. The number of rotatable bonds is 4. The van der Waals surface area contributed by atoms with Crippen molar-refractivity contribution in [3.63, 3.8) is 0 Å². The van der Waals surface area contributed by atoms with E-state index in [4.69, 9.17) is 0 Å². The third-order valence-corrected chi connectivity index (χ3v) is 4.34. The maximum atomic E-state index is 11.9. The standard InChI is InChI=1S/C12H16O2S/c1-10(2)11(3)9-15(13,14)12-7-5-4-6-8-12/h4-8,11H,1,9H2,2-3H3. The molecule has 0 fully saturated rings. The molecule has 3 heteroatoms. The molecule has 0 aliphatic carbocycles. The molecule has 0 saturated carbocycles. The number of hydrogen-bond acceptors (Lipinski definition) is 2. The summed E-state index contributed by atoms with van der Waals surface area (Å²) >= 11 is 0. The highest BCUT2D eigenvalue weighted by Gasteiger charge is 2.18. The summed E-state index contributed by atoms with van der Waals surface area (Å²) in [6.45, 7) is 7.50. The van der Waals surface area contributed by atoms with Crippen LogP contribution in [0.25, 0.3) is 0 Å². The van der Waals surface area contributed by atoms with Gasteiger partial charge in [-0.05, 0) is 25.0 Å². The Bertz CT molecular complexity index is 432. The maximum absolute atomic E-state index is 11.9. The van der Waals surface area contributed by atoms with Crippen LogP contribution in [0.15, 0.2) is 47.4 Å². The molecule has 0 aliphatic heterocycles. The van der Waals surface area contributed by atoms with Gasteiger partial charge in [0.1, 0.15) is 0 Å². The maximum Gasteiger partial charge on any atom is 0.178 e. The summed E-state index contributed by atoms with van der Waals surface area (Å²) in [6, 6.07) is 8.53. The predicted molar refractivity (Wildman–Crippen MR) is 62.5 cm³/mol. The Balaban J connectivity index is 2.91. The largest absolute Gasteiger partial charge is 0.224 e. The average Bonchev–Trinajstić information content (AvgIpc) is 2.18. The Morgan fingerprint density at radius 2 is 1.87 bits per heavy atom. The Kier molecular flexibility index (Phi) is 3.69. The molecule has 2 nitrogen and oxygen atoms in total. The quantitative estimate of drug-likeness (QED) is 0.737. The lowest BCUT2D eigenvalue weighted by molar-refractivity contribution is 0.585. The molecule has 0 radical (unpaired) electrons. The molecule has 15 heavy (non-hydrogen) atoms. The van der Waals surface area contributed by atoms with Gasteiger partial charge >= 0.3 is 0 Å². The van der Waals surface area contributed by atoms with Crippen LogP contribution in [0.2, 0.25) is 0 Å². The van der Waals surface area contributed by atoms with Gasteiger partial charge in [-0.3, -0.25) is 0 Å². The third-order valence-electron chi connectivity index (χ3n) is 2.41. The van der Waals surface area contributed by atoms with E-state index in [9.17, 15) is 8.42 Å². The zero-order valence-corrected chi connectivity index (χ0v) is 9.92. The fraction of sp³-hybridized carbons (Fsp3) is 0.333. The van der Waals surface area contributed by atoms with E-state index in [-0.39, 0.29) is 11.7 Å². The molecule has 0 saturated heterocycles. The summed E-state index contributed by atoms with van der Waals surface area (Å²) in [7, 11) is -3.17. The second-order valence-corrected chi connectivity index (χ2v) is 5.88. The van der Waals surface area contributed by atoms with Crippen LogP contribution < -0.4 is 0 Å². The van der Waals surface area contributed by atoms with Crippen LogP contribution in [-0.4, -0.2) is 14.2 Å². The molecular formula is C12H16O2S. The van der Waals surface area contributed by atoms with Gasteiger partial charge in [0.2, 0.25) is 0 Å². The highest BCUT2D eigenvalue weighted by molar-refractivity contribution is 7.91.